The number of aromatic amines is 2. The summed E-state index contributed by atoms with van der Waals surface area (Å²) in [5, 5.41) is 10.1. The average Bonchev–Trinajstić information content (AvgIpc) is 3.79. The van der Waals surface area contributed by atoms with Crippen molar-refractivity contribution in [2.45, 2.75) is 0 Å². The molecule has 0 bridgehead atoms. The highest BCUT2D eigenvalue weighted by molar-refractivity contribution is 6.21. The minimum Gasteiger partial charge on any atom is -0.354 e. The topological polar surface area (TPSA) is 31.6 Å². The summed E-state index contributed by atoms with van der Waals surface area (Å²) in [6, 6.07) is 66.4. The second-order valence-electron chi connectivity index (χ2n) is 13.8. The molecule has 0 fully saturated rings. The van der Waals surface area contributed by atoms with Crippen LogP contribution in [0.15, 0.2) is 182 Å². The van der Waals surface area contributed by atoms with Crippen molar-refractivity contribution in [2.24, 2.45) is 0 Å². The van der Waals surface area contributed by atoms with E-state index in [9.17, 15) is 0 Å². The van der Waals surface area contributed by atoms with Crippen molar-refractivity contribution in [3.05, 3.63) is 182 Å². The fourth-order valence-electron chi connectivity index (χ4n) is 8.61. The second-order valence-corrected chi connectivity index (χ2v) is 13.8. The smallest absolute Gasteiger partial charge is 0.0544 e. The van der Waals surface area contributed by atoms with Gasteiger partial charge in [0.15, 0.2) is 0 Å². The largest absolute Gasteiger partial charge is 0.354 e. The van der Waals surface area contributed by atoms with Gasteiger partial charge in [0.2, 0.25) is 0 Å². The quantitative estimate of drug-likeness (QED) is 0.176. The minimum absolute atomic E-state index is 1.17. The molecule has 2 heteroatoms. The molecule has 0 atom stereocenters. The number of nitrogens with one attached hydrogen (secondary N) is 2. The number of rotatable bonds is 4. The van der Waals surface area contributed by atoms with Crippen LogP contribution in [0.2, 0.25) is 0 Å². The van der Waals surface area contributed by atoms with E-state index in [4.69, 9.17) is 0 Å². The Morgan fingerprint density at radius 2 is 0.538 bits per heavy atom. The number of hydrogen-bond donors (Lipinski definition) is 2. The molecule has 2 nitrogen and oxygen atoms in total. The summed E-state index contributed by atoms with van der Waals surface area (Å²) in [5.74, 6) is 0. The summed E-state index contributed by atoms with van der Waals surface area (Å²) in [6.45, 7) is 0. The molecule has 52 heavy (non-hydrogen) atoms. The maximum Gasteiger partial charge on any atom is 0.0544 e. The van der Waals surface area contributed by atoms with Crippen LogP contribution in [0.25, 0.3) is 110 Å². The molecule has 0 radical (unpaired) electrons. The number of para-hydroxylation sites is 4. The van der Waals surface area contributed by atoms with E-state index in [1.807, 2.05) is 0 Å². The predicted octanol–water partition coefficient (Wildman–Crippen LogP) is 13.9. The monoisotopic (exact) mass is 660 g/mol. The predicted molar refractivity (Wildman–Crippen MR) is 222 cm³/mol. The van der Waals surface area contributed by atoms with Crippen molar-refractivity contribution in [2.75, 3.05) is 0 Å². The van der Waals surface area contributed by atoms with Gasteiger partial charge < -0.3 is 9.97 Å². The zero-order valence-electron chi connectivity index (χ0n) is 28.3. The van der Waals surface area contributed by atoms with Crippen LogP contribution in [0.4, 0.5) is 0 Å². The van der Waals surface area contributed by atoms with E-state index < -0.39 is 0 Å². The van der Waals surface area contributed by atoms with Crippen LogP contribution < -0.4 is 0 Å². The normalized spacial score (nSPS) is 11.8. The van der Waals surface area contributed by atoms with Crippen LogP contribution in [0, 0.1) is 0 Å². The number of fused-ring (bicyclic) bond motifs is 8. The Morgan fingerprint density at radius 1 is 0.231 bits per heavy atom. The van der Waals surface area contributed by atoms with Gasteiger partial charge >= 0.3 is 0 Å². The minimum atomic E-state index is 1.17. The molecule has 2 N–H and O–H groups in total. The Labute approximate surface area is 300 Å². The fraction of sp³-hybridized carbons (Fsp3) is 0. The molecule has 0 unspecified atom stereocenters. The second kappa shape index (κ2) is 11.3. The summed E-state index contributed by atoms with van der Waals surface area (Å²) in [7, 11) is 0. The molecule has 0 saturated heterocycles. The van der Waals surface area contributed by atoms with E-state index in [2.05, 4.69) is 192 Å². The Morgan fingerprint density at radius 3 is 0.923 bits per heavy atom. The molecule has 11 rings (SSSR count). The molecule has 2 aromatic heterocycles. The Bertz CT molecular complexity index is 2890. The lowest BCUT2D eigenvalue weighted by atomic mass is 9.85. The summed E-state index contributed by atoms with van der Waals surface area (Å²) < 4.78 is 0. The van der Waals surface area contributed by atoms with Crippen LogP contribution >= 0.6 is 0 Å². The lowest BCUT2D eigenvalue weighted by Gasteiger charge is -2.18. The number of aromatic nitrogens is 2. The van der Waals surface area contributed by atoms with E-state index in [1.54, 1.807) is 0 Å². The zero-order valence-corrected chi connectivity index (χ0v) is 28.3. The summed E-state index contributed by atoms with van der Waals surface area (Å²) in [6.07, 6.45) is 0. The molecule has 9 aromatic carbocycles. The Balaban J connectivity index is 1.04. The van der Waals surface area contributed by atoms with Crippen LogP contribution in [0.1, 0.15) is 0 Å². The van der Waals surface area contributed by atoms with Crippen LogP contribution in [-0.2, 0) is 0 Å². The highest BCUT2D eigenvalue weighted by Crippen LogP contribution is 2.45. The lowest BCUT2D eigenvalue weighted by Crippen LogP contribution is -1.91. The van der Waals surface area contributed by atoms with Crippen molar-refractivity contribution in [1.82, 2.24) is 9.97 Å². The van der Waals surface area contributed by atoms with Gasteiger partial charge in [0, 0.05) is 43.7 Å². The molecule has 0 saturated carbocycles. The van der Waals surface area contributed by atoms with Crippen LogP contribution in [0.3, 0.4) is 0 Å². The Hall–Kier alpha value is -6.90. The van der Waals surface area contributed by atoms with Crippen molar-refractivity contribution in [3.8, 4) is 44.5 Å². The number of H-pyrrole nitrogens is 2. The first kappa shape index (κ1) is 28.9. The van der Waals surface area contributed by atoms with Gasteiger partial charge in [-0.2, -0.15) is 0 Å². The molecular weight excluding hydrogens is 629 g/mol. The molecule has 0 aliphatic rings. The summed E-state index contributed by atoms with van der Waals surface area (Å²) >= 11 is 0. The first-order valence-electron chi connectivity index (χ1n) is 17.9. The standard InChI is InChI=1S/C50H32N2/c1-2-14-40-39(13-1)47(33-27-23-31(24-28-33)35-17-9-19-43-37-11-5-7-21-45(37)51-49(35)43)41-15-3-4-16-42(41)48(40)34-29-25-32(26-30-34)36-18-10-20-44-38-12-6-8-22-46(38)52-50(36)44/h1-30,51-52H. The van der Waals surface area contributed by atoms with Gasteiger partial charge in [-0.15, -0.1) is 0 Å². The van der Waals surface area contributed by atoms with E-state index >= 15 is 0 Å². The van der Waals surface area contributed by atoms with Crippen molar-refractivity contribution < 1.29 is 0 Å². The molecule has 2 heterocycles. The van der Waals surface area contributed by atoms with Gasteiger partial charge in [-0.05, 0) is 67.1 Å². The van der Waals surface area contributed by atoms with E-state index in [-0.39, 0.29) is 0 Å². The van der Waals surface area contributed by atoms with Crippen molar-refractivity contribution >= 4 is 65.2 Å². The maximum atomic E-state index is 3.69. The maximum absolute atomic E-state index is 3.69. The van der Waals surface area contributed by atoms with E-state index in [0.717, 1.165) is 0 Å². The van der Waals surface area contributed by atoms with Crippen LogP contribution in [0.5, 0.6) is 0 Å². The van der Waals surface area contributed by atoms with Gasteiger partial charge in [0.05, 0.1) is 11.0 Å². The zero-order chi connectivity index (χ0) is 34.2. The lowest BCUT2D eigenvalue weighted by molar-refractivity contribution is 1.53. The number of benzene rings is 9. The third-order valence-electron chi connectivity index (χ3n) is 11.0. The van der Waals surface area contributed by atoms with Gasteiger partial charge in [-0.1, -0.05) is 170 Å². The number of hydrogen-bond acceptors (Lipinski definition) is 0. The van der Waals surface area contributed by atoms with Gasteiger partial charge in [-0.3, -0.25) is 0 Å². The highest BCUT2D eigenvalue weighted by Gasteiger charge is 2.18. The molecule has 0 spiro atoms. The third kappa shape index (κ3) is 4.31. The first-order valence-corrected chi connectivity index (χ1v) is 17.9. The highest BCUT2D eigenvalue weighted by atomic mass is 14.7. The Kier molecular flexibility index (Phi) is 6.28. The van der Waals surface area contributed by atoms with Gasteiger partial charge in [0.1, 0.15) is 0 Å². The summed E-state index contributed by atoms with van der Waals surface area (Å²) in [5.41, 5.74) is 14.5. The molecular formula is C50H32N2. The van der Waals surface area contributed by atoms with Crippen molar-refractivity contribution in [1.29, 1.82) is 0 Å². The molecule has 0 aliphatic carbocycles. The third-order valence-corrected chi connectivity index (χ3v) is 11.0. The van der Waals surface area contributed by atoms with Gasteiger partial charge in [0.25, 0.3) is 0 Å². The van der Waals surface area contributed by atoms with Crippen molar-refractivity contribution in [3.63, 3.8) is 0 Å². The molecule has 11 aromatic rings. The molecule has 242 valence electrons. The molecule has 0 aliphatic heterocycles. The van der Waals surface area contributed by atoms with E-state index in [0.29, 0.717) is 0 Å². The van der Waals surface area contributed by atoms with E-state index in [1.165, 1.54) is 110 Å². The van der Waals surface area contributed by atoms with Crippen LogP contribution in [-0.4, -0.2) is 9.97 Å². The molecule has 0 amide bonds. The van der Waals surface area contributed by atoms with Gasteiger partial charge in [-0.25, -0.2) is 0 Å². The first-order chi connectivity index (χ1) is 25.8. The SMILES string of the molecule is c1ccc2c(c1)[nH]c1c(-c3ccc(-c4c5ccccc5c(-c5ccc(-c6cccc7c6[nH]c6ccccc67)cc5)c5ccccc45)cc3)cccc12. The average molecular weight is 661 g/mol. The summed E-state index contributed by atoms with van der Waals surface area (Å²) in [4.78, 5) is 7.37. The fourth-order valence-corrected chi connectivity index (χ4v) is 8.61.